The van der Waals surface area contributed by atoms with Crippen LogP contribution >= 0.6 is 28.3 Å². The maximum atomic E-state index is 12.5. The Bertz CT molecular complexity index is 436. The lowest BCUT2D eigenvalue weighted by molar-refractivity contribution is -0.136. The summed E-state index contributed by atoms with van der Waals surface area (Å²) >= 11 is 3.48. The lowest BCUT2D eigenvalue weighted by atomic mass is 9.95. The Morgan fingerprint density at radius 2 is 2.10 bits per heavy atom. The van der Waals surface area contributed by atoms with E-state index in [2.05, 4.69) is 40.3 Å². The molecule has 0 aliphatic carbocycles. The summed E-state index contributed by atoms with van der Waals surface area (Å²) in [5.41, 5.74) is 1.23. The topological polar surface area (TPSA) is 32.3 Å². The smallest absolute Gasteiger partial charge is 0.226 e. The van der Waals surface area contributed by atoms with Crippen LogP contribution in [-0.4, -0.2) is 37.0 Å². The van der Waals surface area contributed by atoms with Gasteiger partial charge >= 0.3 is 0 Å². The number of halogens is 2. The van der Waals surface area contributed by atoms with E-state index in [1.54, 1.807) is 0 Å². The summed E-state index contributed by atoms with van der Waals surface area (Å²) in [7, 11) is 0. The van der Waals surface area contributed by atoms with Crippen molar-refractivity contribution in [2.45, 2.75) is 19.8 Å². The molecule has 0 saturated carbocycles. The van der Waals surface area contributed by atoms with E-state index in [1.807, 2.05) is 17.0 Å². The highest BCUT2D eigenvalue weighted by Crippen LogP contribution is 2.19. The molecule has 1 amide bonds. The highest BCUT2D eigenvalue weighted by Gasteiger charge is 2.24. The average molecular weight is 362 g/mol. The van der Waals surface area contributed by atoms with E-state index in [1.165, 1.54) is 5.56 Å². The summed E-state index contributed by atoms with van der Waals surface area (Å²) in [6.07, 6.45) is 1.73. The molecule has 1 saturated heterocycles. The molecular weight excluding hydrogens is 340 g/mol. The quantitative estimate of drug-likeness (QED) is 0.894. The summed E-state index contributed by atoms with van der Waals surface area (Å²) in [4.78, 5) is 14.5. The number of piperazine rings is 1. The summed E-state index contributed by atoms with van der Waals surface area (Å²) in [6, 6.07) is 8.25. The van der Waals surface area contributed by atoms with Crippen LogP contribution in [0.2, 0.25) is 0 Å². The van der Waals surface area contributed by atoms with Crippen molar-refractivity contribution >= 4 is 34.2 Å². The van der Waals surface area contributed by atoms with E-state index in [4.69, 9.17) is 0 Å². The van der Waals surface area contributed by atoms with Crippen LogP contribution in [0.3, 0.4) is 0 Å². The van der Waals surface area contributed by atoms with Gasteiger partial charge in [-0.2, -0.15) is 0 Å². The molecular formula is C15H22BrClN2O. The largest absolute Gasteiger partial charge is 0.340 e. The Kier molecular flexibility index (Phi) is 7.56. The molecule has 2 rings (SSSR count). The molecule has 1 aromatic rings. The molecule has 0 radical (unpaired) electrons. The van der Waals surface area contributed by atoms with Gasteiger partial charge in [0.05, 0.1) is 0 Å². The van der Waals surface area contributed by atoms with Gasteiger partial charge in [0.25, 0.3) is 0 Å². The Labute approximate surface area is 135 Å². The second-order valence-electron chi connectivity index (χ2n) is 5.01. The molecule has 1 N–H and O–H groups in total. The zero-order valence-electron chi connectivity index (χ0n) is 11.8. The first-order valence-electron chi connectivity index (χ1n) is 6.94. The van der Waals surface area contributed by atoms with Crippen molar-refractivity contribution in [2.24, 2.45) is 5.92 Å². The first kappa shape index (κ1) is 17.5. The molecule has 0 aromatic heterocycles. The molecule has 1 aliphatic heterocycles. The van der Waals surface area contributed by atoms with Crippen LogP contribution in [0.5, 0.6) is 0 Å². The van der Waals surface area contributed by atoms with Gasteiger partial charge in [0.1, 0.15) is 0 Å². The minimum absolute atomic E-state index is 0. The highest BCUT2D eigenvalue weighted by atomic mass is 79.9. The van der Waals surface area contributed by atoms with Crippen LogP contribution < -0.4 is 5.32 Å². The van der Waals surface area contributed by atoms with Crippen LogP contribution in [-0.2, 0) is 11.2 Å². The van der Waals surface area contributed by atoms with Crippen molar-refractivity contribution in [3.63, 3.8) is 0 Å². The van der Waals surface area contributed by atoms with Crippen molar-refractivity contribution in [2.75, 3.05) is 26.2 Å². The number of nitrogens with one attached hydrogen (secondary N) is 1. The second-order valence-corrected chi connectivity index (χ2v) is 5.93. The minimum atomic E-state index is 0. The Hall–Kier alpha value is -0.580. The van der Waals surface area contributed by atoms with Gasteiger partial charge in [0.2, 0.25) is 5.91 Å². The zero-order chi connectivity index (χ0) is 13.7. The van der Waals surface area contributed by atoms with Crippen molar-refractivity contribution in [3.05, 3.63) is 34.3 Å². The van der Waals surface area contributed by atoms with Crippen molar-refractivity contribution < 1.29 is 4.79 Å². The zero-order valence-corrected chi connectivity index (χ0v) is 14.2. The van der Waals surface area contributed by atoms with Crippen LogP contribution in [0.15, 0.2) is 28.7 Å². The summed E-state index contributed by atoms with van der Waals surface area (Å²) < 4.78 is 1.08. The number of hydrogen-bond donors (Lipinski definition) is 1. The van der Waals surface area contributed by atoms with Crippen LogP contribution in [0.4, 0.5) is 0 Å². The Morgan fingerprint density at radius 3 is 2.70 bits per heavy atom. The maximum absolute atomic E-state index is 12.5. The number of hydrogen-bond acceptors (Lipinski definition) is 2. The van der Waals surface area contributed by atoms with Gasteiger partial charge < -0.3 is 10.2 Å². The van der Waals surface area contributed by atoms with Gasteiger partial charge in [0, 0.05) is 36.6 Å². The molecule has 5 heteroatoms. The van der Waals surface area contributed by atoms with E-state index in [0.29, 0.717) is 5.91 Å². The molecule has 0 bridgehead atoms. The average Bonchev–Trinajstić information content (AvgIpc) is 2.45. The van der Waals surface area contributed by atoms with E-state index in [-0.39, 0.29) is 18.3 Å². The van der Waals surface area contributed by atoms with Crippen LogP contribution in [0.25, 0.3) is 0 Å². The molecule has 1 heterocycles. The monoisotopic (exact) mass is 360 g/mol. The number of amides is 1. The number of carbonyl (C=O) groups excluding carboxylic acids is 1. The maximum Gasteiger partial charge on any atom is 0.226 e. The fraction of sp³-hybridized carbons (Fsp3) is 0.533. The number of rotatable bonds is 4. The van der Waals surface area contributed by atoms with Gasteiger partial charge in [-0.05, 0) is 30.5 Å². The molecule has 0 spiro atoms. The highest BCUT2D eigenvalue weighted by molar-refractivity contribution is 9.10. The third kappa shape index (κ3) is 4.76. The number of nitrogens with zero attached hydrogens (tertiary/aromatic N) is 1. The fourth-order valence-corrected chi connectivity index (χ4v) is 2.94. The molecule has 3 nitrogen and oxygen atoms in total. The molecule has 1 unspecified atom stereocenters. The van der Waals surface area contributed by atoms with Crippen LogP contribution in [0, 0.1) is 5.92 Å². The lowest BCUT2D eigenvalue weighted by Crippen LogP contribution is -2.48. The molecule has 112 valence electrons. The second kappa shape index (κ2) is 8.65. The third-order valence-electron chi connectivity index (χ3n) is 3.64. The number of carbonyl (C=O) groups is 1. The molecule has 1 aromatic carbocycles. The van der Waals surface area contributed by atoms with Gasteiger partial charge in [-0.1, -0.05) is 35.0 Å². The van der Waals surface area contributed by atoms with Crippen molar-refractivity contribution in [3.8, 4) is 0 Å². The van der Waals surface area contributed by atoms with Crippen molar-refractivity contribution in [1.29, 1.82) is 0 Å². The summed E-state index contributed by atoms with van der Waals surface area (Å²) in [5, 5.41) is 3.28. The standard InChI is InChI=1S/C15H21BrN2O.ClH/c1-2-13(10-12-4-3-5-14(16)11-12)15(19)18-8-6-17-7-9-18;/h3-5,11,13,17H,2,6-10H2,1H3;1H. The van der Waals surface area contributed by atoms with Gasteiger partial charge in [-0.3, -0.25) is 4.79 Å². The molecule has 1 aliphatic rings. The summed E-state index contributed by atoms with van der Waals surface area (Å²) in [5.74, 6) is 0.413. The molecule has 20 heavy (non-hydrogen) atoms. The van der Waals surface area contributed by atoms with Gasteiger partial charge in [-0.15, -0.1) is 12.4 Å². The first-order chi connectivity index (χ1) is 9.20. The molecule has 1 atom stereocenters. The SMILES string of the molecule is CCC(Cc1cccc(Br)c1)C(=O)N1CCNCC1.Cl. The summed E-state index contributed by atoms with van der Waals surface area (Å²) in [6.45, 7) is 5.61. The predicted molar refractivity (Wildman–Crippen MR) is 88.3 cm³/mol. The fourth-order valence-electron chi connectivity index (χ4n) is 2.50. The predicted octanol–water partition coefficient (Wildman–Crippen LogP) is 2.87. The molecule has 1 fully saturated rings. The normalized spacial score (nSPS) is 16.4. The van der Waals surface area contributed by atoms with Gasteiger partial charge in [0.15, 0.2) is 0 Å². The first-order valence-corrected chi connectivity index (χ1v) is 7.74. The number of benzene rings is 1. The van der Waals surface area contributed by atoms with E-state index >= 15 is 0 Å². The van der Waals surface area contributed by atoms with Gasteiger partial charge in [-0.25, -0.2) is 0 Å². The third-order valence-corrected chi connectivity index (χ3v) is 4.14. The minimum Gasteiger partial charge on any atom is -0.340 e. The Morgan fingerprint density at radius 1 is 1.40 bits per heavy atom. The Balaban J connectivity index is 0.00000200. The van der Waals surface area contributed by atoms with Crippen molar-refractivity contribution in [1.82, 2.24) is 10.2 Å². The van der Waals surface area contributed by atoms with E-state index < -0.39 is 0 Å². The lowest BCUT2D eigenvalue weighted by Gasteiger charge is -2.30. The van der Waals surface area contributed by atoms with Crippen LogP contribution in [0.1, 0.15) is 18.9 Å². The van der Waals surface area contributed by atoms with E-state index in [0.717, 1.165) is 43.5 Å². The van der Waals surface area contributed by atoms with E-state index in [9.17, 15) is 4.79 Å².